The fourth-order valence-electron chi connectivity index (χ4n) is 2.03. The van der Waals surface area contributed by atoms with Crippen LogP contribution in [0.5, 0.6) is 5.75 Å². The van der Waals surface area contributed by atoms with Gasteiger partial charge in [-0.15, -0.1) is 5.10 Å². The van der Waals surface area contributed by atoms with Gasteiger partial charge in [0.1, 0.15) is 23.4 Å². The molecule has 0 bridgehead atoms. The van der Waals surface area contributed by atoms with Crippen molar-refractivity contribution in [3.8, 4) is 23.3 Å². The minimum Gasteiger partial charge on any atom is -0.497 e. The molecule has 0 atom stereocenters. The minimum absolute atomic E-state index is 0.157. The van der Waals surface area contributed by atoms with E-state index in [4.69, 9.17) is 14.4 Å². The first-order valence-corrected chi connectivity index (χ1v) is 6.63. The van der Waals surface area contributed by atoms with E-state index in [0.717, 1.165) is 0 Å². The van der Waals surface area contributed by atoms with Crippen LogP contribution in [0.1, 0.15) is 17.0 Å². The highest BCUT2D eigenvalue weighted by atomic mass is 19.1. The summed E-state index contributed by atoms with van der Waals surface area (Å²) >= 11 is 0. The molecule has 3 rings (SSSR count). The number of benzene rings is 1. The van der Waals surface area contributed by atoms with Crippen molar-refractivity contribution in [3.05, 3.63) is 53.2 Å². The summed E-state index contributed by atoms with van der Waals surface area (Å²) in [5.41, 5.74) is 1.14. The smallest absolute Gasteiger partial charge is 0.193 e. The Labute approximate surface area is 130 Å². The molecule has 0 spiro atoms. The standard InChI is InChI=1S/C16H11FN4O2/c1-22-13-7-10(6-11(17)8-13)2-3-12-4-5-15(23-12)16-14(9-18)19-21-20-16/h2-8H,1H3,(H,19,20,21)/b3-2+. The van der Waals surface area contributed by atoms with Gasteiger partial charge in [-0.1, -0.05) is 6.08 Å². The van der Waals surface area contributed by atoms with Crippen LogP contribution in [-0.2, 0) is 0 Å². The van der Waals surface area contributed by atoms with E-state index in [1.807, 2.05) is 6.07 Å². The number of nitrogens with zero attached hydrogens (tertiary/aromatic N) is 3. The quantitative estimate of drug-likeness (QED) is 0.799. The molecule has 0 unspecified atom stereocenters. The Hall–Kier alpha value is -3.40. The van der Waals surface area contributed by atoms with Gasteiger partial charge in [0.15, 0.2) is 17.1 Å². The molecule has 0 saturated heterocycles. The predicted octanol–water partition coefficient (Wildman–Crippen LogP) is 3.25. The van der Waals surface area contributed by atoms with Gasteiger partial charge in [0.05, 0.1) is 7.11 Å². The maximum atomic E-state index is 13.4. The lowest BCUT2D eigenvalue weighted by atomic mass is 10.2. The van der Waals surface area contributed by atoms with Crippen LogP contribution in [0.25, 0.3) is 23.6 Å². The molecular weight excluding hydrogens is 299 g/mol. The lowest BCUT2D eigenvalue weighted by Crippen LogP contribution is -1.85. The van der Waals surface area contributed by atoms with Crippen LogP contribution in [0.2, 0.25) is 0 Å². The first-order chi connectivity index (χ1) is 11.2. The lowest BCUT2D eigenvalue weighted by molar-refractivity contribution is 0.411. The average Bonchev–Trinajstić information content (AvgIpc) is 3.20. The molecule has 23 heavy (non-hydrogen) atoms. The van der Waals surface area contributed by atoms with Crippen molar-refractivity contribution in [1.82, 2.24) is 15.4 Å². The van der Waals surface area contributed by atoms with Gasteiger partial charge >= 0.3 is 0 Å². The number of halogens is 1. The zero-order valence-electron chi connectivity index (χ0n) is 12.1. The van der Waals surface area contributed by atoms with Crippen LogP contribution < -0.4 is 4.74 Å². The number of furan rings is 1. The fraction of sp³-hybridized carbons (Fsp3) is 0.0625. The molecule has 3 aromatic rings. The molecule has 0 fully saturated rings. The van der Waals surface area contributed by atoms with Crippen molar-refractivity contribution in [2.45, 2.75) is 0 Å². The molecule has 0 aliphatic carbocycles. The first kappa shape index (κ1) is 14.5. The van der Waals surface area contributed by atoms with E-state index in [0.29, 0.717) is 28.5 Å². The highest BCUT2D eigenvalue weighted by molar-refractivity contribution is 5.69. The van der Waals surface area contributed by atoms with Crippen LogP contribution in [0, 0.1) is 17.1 Å². The van der Waals surface area contributed by atoms with E-state index in [2.05, 4.69) is 15.4 Å². The van der Waals surface area contributed by atoms with E-state index in [1.54, 1.807) is 30.4 Å². The molecule has 0 saturated carbocycles. The summed E-state index contributed by atoms with van der Waals surface area (Å²) in [6, 6.07) is 9.72. The number of hydrogen-bond acceptors (Lipinski definition) is 5. The van der Waals surface area contributed by atoms with Gasteiger partial charge in [-0.05, 0) is 35.9 Å². The number of methoxy groups -OCH3 is 1. The Bertz CT molecular complexity index is 905. The van der Waals surface area contributed by atoms with Crippen LogP contribution in [0.15, 0.2) is 34.7 Å². The third-order valence-corrected chi connectivity index (χ3v) is 3.08. The number of aromatic nitrogens is 3. The number of nitrogens with one attached hydrogen (secondary N) is 1. The normalized spacial score (nSPS) is 10.8. The highest BCUT2D eigenvalue weighted by Gasteiger charge is 2.13. The summed E-state index contributed by atoms with van der Waals surface area (Å²) in [6.45, 7) is 0. The maximum Gasteiger partial charge on any atom is 0.193 e. The van der Waals surface area contributed by atoms with Crippen LogP contribution in [-0.4, -0.2) is 22.5 Å². The lowest BCUT2D eigenvalue weighted by Gasteiger charge is -2.01. The van der Waals surface area contributed by atoms with Crippen LogP contribution >= 0.6 is 0 Å². The largest absolute Gasteiger partial charge is 0.497 e. The van der Waals surface area contributed by atoms with Gasteiger partial charge in [0.2, 0.25) is 0 Å². The molecule has 6 nitrogen and oxygen atoms in total. The van der Waals surface area contributed by atoms with Gasteiger partial charge in [-0.3, -0.25) is 0 Å². The van der Waals surface area contributed by atoms with Crippen molar-refractivity contribution < 1.29 is 13.5 Å². The second-order valence-corrected chi connectivity index (χ2v) is 4.59. The highest BCUT2D eigenvalue weighted by Crippen LogP contribution is 2.24. The Balaban J connectivity index is 1.85. The molecule has 0 radical (unpaired) electrons. The van der Waals surface area contributed by atoms with Crippen molar-refractivity contribution in [2.75, 3.05) is 7.11 Å². The van der Waals surface area contributed by atoms with E-state index < -0.39 is 0 Å². The van der Waals surface area contributed by atoms with Crippen LogP contribution in [0.4, 0.5) is 4.39 Å². The van der Waals surface area contributed by atoms with Crippen LogP contribution in [0.3, 0.4) is 0 Å². The molecule has 0 aliphatic heterocycles. The number of H-pyrrole nitrogens is 1. The van der Waals surface area contributed by atoms with Gasteiger partial charge in [0.25, 0.3) is 0 Å². The number of nitriles is 1. The molecule has 7 heteroatoms. The zero-order chi connectivity index (χ0) is 16.2. The van der Waals surface area contributed by atoms with Crippen molar-refractivity contribution in [2.24, 2.45) is 0 Å². The van der Waals surface area contributed by atoms with E-state index in [-0.39, 0.29) is 11.5 Å². The van der Waals surface area contributed by atoms with Gasteiger partial charge in [0, 0.05) is 6.07 Å². The minimum atomic E-state index is -0.384. The van der Waals surface area contributed by atoms with Crippen molar-refractivity contribution in [1.29, 1.82) is 5.26 Å². The van der Waals surface area contributed by atoms with Gasteiger partial charge < -0.3 is 9.15 Å². The maximum absolute atomic E-state index is 13.4. The van der Waals surface area contributed by atoms with E-state index in [1.165, 1.54) is 19.2 Å². The number of aromatic amines is 1. The molecule has 114 valence electrons. The summed E-state index contributed by atoms with van der Waals surface area (Å²) in [6.07, 6.45) is 3.38. The molecule has 2 aromatic heterocycles. The van der Waals surface area contributed by atoms with Crippen molar-refractivity contribution >= 4 is 12.2 Å². The Kier molecular flexibility index (Phi) is 3.89. The summed E-state index contributed by atoms with van der Waals surface area (Å²) < 4.78 is 24.0. The summed E-state index contributed by atoms with van der Waals surface area (Å²) in [5.74, 6) is 1.01. The zero-order valence-corrected chi connectivity index (χ0v) is 12.1. The van der Waals surface area contributed by atoms with E-state index >= 15 is 0 Å². The second kappa shape index (κ2) is 6.15. The molecule has 0 amide bonds. The third-order valence-electron chi connectivity index (χ3n) is 3.08. The number of hydrogen-bond donors (Lipinski definition) is 1. The predicted molar refractivity (Wildman–Crippen MR) is 80.7 cm³/mol. The molecule has 2 heterocycles. The first-order valence-electron chi connectivity index (χ1n) is 6.63. The molecule has 1 N–H and O–H groups in total. The van der Waals surface area contributed by atoms with E-state index in [9.17, 15) is 4.39 Å². The third kappa shape index (κ3) is 3.11. The molecule has 0 aliphatic rings. The Morgan fingerprint density at radius 1 is 1.26 bits per heavy atom. The number of ether oxygens (including phenoxy) is 1. The SMILES string of the molecule is COc1cc(F)cc(/C=C/c2ccc(-c3n[nH]nc3C#N)o2)c1. The Morgan fingerprint density at radius 2 is 2.13 bits per heavy atom. The number of rotatable bonds is 4. The van der Waals surface area contributed by atoms with Gasteiger partial charge in [-0.2, -0.15) is 15.6 Å². The fourth-order valence-corrected chi connectivity index (χ4v) is 2.03. The summed E-state index contributed by atoms with van der Waals surface area (Å²) in [4.78, 5) is 0. The average molecular weight is 310 g/mol. The molecular formula is C16H11FN4O2. The summed E-state index contributed by atoms with van der Waals surface area (Å²) in [5, 5.41) is 18.9. The van der Waals surface area contributed by atoms with Gasteiger partial charge in [-0.25, -0.2) is 4.39 Å². The Morgan fingerprint density at radius 3 is 2.91 bits per heavy atom. The second-order valence-electron chi connectivity index (χ2n) is 4.59. The molecule has 1 aromatic carbocycles. The van der Waals surface area contributed by atoms with Crippen molar-refractivity contribution in [3.63, 3.8) is 0 Å². The summed E-state index contributed by atoms with van der Waals surface area (Å²) in [7, 11) is 1.48. The monoisotopic (exact) mass is 310 g/mol. The topological polar surface area (TPSA) is 87.7 Å².